The lowest BCUT2D eigenvalue weighted by Crippen LogP contribution is -2.27. The minimum absolute atomic E-state index is 0.152. The number of carbonyl (C=O) groups is 1. The van der Waals surface area contributed by atoms with E-state index < -0.39 is 0 Å². The summed E-state index contributed by atoms with van der Waals surface area (Å²) in [5.74, 6) is -0.152. The Morgan fingerprint density at radius 2 is 0.857 bits per heavy atom. The maximum absolute atomic E-state index is 10.6. The average Bonchev–Trinajstić information content (AvgIpc) is 2.68. The Morgan fingerprint density at radius 1 is 0.536 bits per heavy atom. The number of hydrogen-bond donors (Lipinski definition) is 1. The number of unbranched alkanes of at least 4 members (excludes halogenated alkanes) is 15. The van der Waals surface area contributed by atoms with Gasteiger partial charge in [0.05, 0.1) is 0 Å². The zero-order chi connectivity index (χ0) is 20.7. The smallest absolute Gasteiger partial charge is 0.217 e. The predicted molar refractivity (Wildman–Crippen MR) is 125 cm³/mol. The van der Waals surface area contributed by atoms with Crippen LogP contribution in [-0.2, 0) is 4.79 Å². The van der Waals surface area contributed by atoms with E-state index >= 15 is 0 Å². The summed E-state index contributed by atoms with van der Waals surface area (Å²) in [6.07, 6.45) is 24.8. The maximum Gasteiger partial charge on any atom is 0.217 e. The van der Waals surface area contributed by atoms with Crippen molar-refractivity contribution >= 4 is 5.91 Å². The van der Waals surface area contributed by atoms with Gasteiger partial charge in [0, 0.05) is 6.42 Å². The van der Waals surface area contributed by atoms with E-state index in [-0.39, 0.29) is 5.91 Å². The Balaban J connectivity index is 3.26. The molecule has 1 amide bonds. The van der Waals surface area contributed by atoms with Crippen LogP contribution < -0.4 is 5.73 Å². The summed E-state index contributed by atoms with van der Waals surface area (Å²) >= 11 is 0. The van der Waals surface area contributed by atoms with Gasteiger partial charge in [-0.3, -0.25) is 4.79 Å². The van der Waals surface area contributed by atoms with Gasteiger partial charge in [-0.05, 0) is 45.3 Å². The van der Waals surface area contributed by atoms with Crippen LogP contribution in [0.3, 0.4) is 0 Å². The molecule has 168 valence electrons. The number of rotatable bonds is 23. The Morgan fingerprint density at radius 3 is 1.21 bits per heavy atom. The van der Waals surface area contributed by atoms with Crippen LogP contribution in [0.4, 0.5) is 0 Å². The Kier molecular flexibility index (Phi) is 22.3. The molecule has 0 bridgehead atoms. The van der Waals surface area contributed by atoms with Gasteiger partial charge in [0.25, 0.3) is 0 Å². The van der Waals surface area contributed by atoms with Crippen LogP contribution in [0.15, 0.2) is 0 Å². The van der Waals surface area contributed by atoms with Crippen LogP contribution in [0.1, 0.15) is 136 Å². The summed E-state index contributed by atoms with van der Waals surface area (Å²) in [6.45, 7) is 8.54. The molecule has 0 fully saturated rings. The van der Waals surface area contributed by atoms with E-state index in [9.17, 15) is 4.79 Å². The van der Waals surface area contributed by atoms with Crippen molar-refractivity contribution in [1.29, 1.82) is 0 Å². The van der Waals surface area contributed by atoms with Gasteiger partial charge in [-0.2, -0.15) is 0 Å². The second kappa shape index (κ2) is 22.7. The van der Waals surface area contributed by atoms with Crippen molar-refractivity contribution < 1.29 is 4.79 Å². The fourth-order valence-corrected chi connectivity index (χ4v) is 3.85. The van der Waals surface area contributed by atoms with Gasteiger partial charge in [-0.25, -0.2) is 0 Å². The molecule has 3 heteroatoms. The van der Waals surface area contributed by atoms with E-state index in [1.807, 2.05) is 0 Å². The van der Waals surface area contributed by atoms with Crippen molar-refractivity contribution in [2.45, 2.75) is 136 Å². The molecule has 0 saturated carbocycles. The lowest BCUT2D eigenvalue weighted by atomic mass is 10.0. The zero-order valence-electron chi connectivity index (χ0n) is 19.5. The van der Waals surface area contributed by atoms with Crippen molar-refractivity contribution in [3.63, 3.8) is 0 Å². The van der Waals surface area contributed by atoms with Crippen molar-refractivity contribution in [2.75, 3.05) is 19.6 Å². The van der Waals surface area contributed by atoms with Crippen LogP contribution in [0.2, 0.25) is 0 Å². The topological polar surface area (TPSA) is 46.3 Å². The standard InChI is InChI=1S/C25H52N2O/c1-3-5-22-27(23-6-4-2)24-20-18-16-14-12-10-8-7-9-11-13-15-17-19-21-25(26)28/h3-24H2,1-2H3,(H2,26,28). The Bertz CT molecular complexity index is 312. The molecule has 0 aromatic rings. The number of hydrogen-bond acceptors (Lipinski definition) is 2. The number of nitrogens with zero attached hydrogens (tertiary/aromatic N) is 1. The molecular weight excluding hydrogens is 344 g/mol. The van der Waals surface area contributed by atoms with Gasteiger partial charge in [0.15, 0.2) is 0 Å². The highest BCUT2D eigenvalue weighted by Gasteiger charge is 2.03. The van der Waals surface area contributed by atoms with Crippen LogP contribution in [0.5, 0.6) is 0 Å². The van der Waals surface area contributed by atoms with Gasteiger partial charge in [0.1, 0.15) is 0 Å². The number of nitrogens with two attached hydrogens (primary N) is 1. The van der Waals surface area contributed by atoms with Crippen molar-refractivity contribution in [3.8, 4) is 0 Å². The fourth-order valence-electron chi connectivity index (χ4n) is 3.85. The number of primary amides is 1. The van der Waals surface area contributed by atoms with Crippen LogP contribution in [0, 0.1) is 0 Å². The summed E-state index contributed by atoms with van der Waals surface area (Å²) < 4.78 is 0. The van der Waals surface area contributed by atoms with Gasteiger partial charge in [-0.1, -0.05) is 104 Å². The van der Waals surface area contributed by atoms with Crippen LogP contribution in [-0.4, -0.2) is 30.4 Å². The second-order valence-corrected chi connectivity index (χ2v) is 8.71. The first-order valence-corrected chi connectivity index (χ1v) is 12.7. The van der Waals surface area contributed by atoms with Crippen molar-refractivity contribution in [3.05, 3.63) is 0 Å². The summed E-state index contributed by atoms with van der Waals surface area (Å²) in [5.41, 5.74) is 5.15. The first kappa shape index (κ1) is 27.4. The maximum atomic E-state index is 10.6. The highest BCUT2D eigenvalue weighted by Crippen LogP contribution is 2.13. The molecule has 0 unspecified atom stereocenters. The minimum Gasteiger partial charge on any atom is -0.370 e. The third-order valence-corrected chi connectivity index (χ3v) is 5.80. The summed E-state index contributed by atoms with van der Waals surface area (Å²) in [7, 11) is 0. The van der Waals surface area contributed by atoms with Crippen LogP contribution >= 0.6 is 0 Å². The third-order valence-electron chi connectivity index (χ3n) is 5.80. The second-order valence-electron chi connectivity index (χ2n) is 8.71. The van der Waals surface area contributed by atoms with Crippen LogP contribution in [0.25, 0.3) is 0 Å². The Labute approximate surface area is 177 Å². The van der Waals surface area contributed by atoms with E-state index in [0.717, 1.165) is 12.8 Å². The molecule has 0 aromatic heterocycles. The predicted octanol–water partition coefficient (Wildman–Crippen LogP) is 7.23. The summed E-state index contributed by atoms with van der Waals surface area (Å²) in [6, 6.07) is 0. The first-order valence-electron chi connectivity index (χ1n) is 12.7. The van der Waals surface area contributed by atoms with Crippen molar-refractivity contribution in [2.24, 2.45) is 5.73 Å². The molecule has 0 rings (SSSR count). The monoisotopic (exact) mass is 396 g/mol. The largest absolute Gasteiger partial charge is 0.370 e. The summed E-state index contributed by atoms with van der Waals surface area (Å²) in [4.78, 5) is 13.3. The van der Waals surface area contributed by atoms with E-state index in [1.165, 1.54) is 122 Å². The highest BCUT2D eigenvalue weighted by molar-refractivity contribution is 5.73. The van der Waals surface area contributed by atoms with Gasteiger partial charge in [0.2, 0.25) is 5.91 Å². The van der Waals surface area contributed by atoms with Crippen molar-refractivity contribution in [1.82, 2.24) is 4.90 Å². The third kappa shape index (κ3) is 21.7. The van der Waals surface area contributed by atoms with Gasteiger partial charge < -0.3 is 10.6 Å². The van der Waals surface area contributed by atoms with E-state index in [0.29, 0.717) is 6.42 Å². The number of amides is 1. The molecule has 0 aliphatic rings. The zero-order valence-corrected chi connectivity index (χ0v) is 19.5. The van der Waals surface area contributed by atoms with Gasteiger partial charge in [-0.15, -0.1) is 0 Å². The molecule has 0 heterocycles. The molecule has 0 aliphatic carbocycles. The highest BCUT2D eigenvalue weighted by atomic mass is 16.1. The average molecular weight is 397 g/mol. The minimum atomic E-state index is -0.152. The quantitative estimate of drug-likeness (QED) is 0.185. The molecule has 28 heavy (non-hydrogen) atoms. The van der Waals surface area contributed by atoms with E-state index in [1.54, 1.807) is 0 Å². The lowest BCUT2D eigenvalue weighted by molar-refractivity contribution is -0.118. The lowest BCUT2D eigenvalue weighted by Gasteiger charge is -2.21. The molecule has 0 radical (unpaired) electrons. The fraction of sp³-hybridized carbons (Fsp3) is 0.960. The van der Waals surface area contributed by atoms with Gasteiger partial charge >= 0.3 is 0 Å². The normalized spacial score (nSPS) is 11.4. The molecular formula is C25H52N2O. The Hall–Kier alpha value is -0.570. The molecule has 2 N–H and O–H groups in total. The molecule has 0 atom stereocenters. The molecule has 3 nitrogen and oxygen atoms in total. The molecule has 0 spiro atoms. The summed E-state index contributed by atoms with van der Waals surface area (Å²) in [5, 5.41) is 0. The molecule has 0 aromatic carbocycles. The number of carbonyl (C=O) groups excluding carboxylic acids is 1. The SMILES string of the molecule is CCCCN(CCCC)CCCCCCCCCCCCCCCCC(N)=O. The molecule has 0 saturated heterocycles. The van der Waals surface area contributed by atoms with E-state index in [2.05, 4.69) is 18.7 Å². The van der Waals surface area contributed by atoms with E-state index in [4.69, 9.17) is 5.73 Å². The first-order chi connectivity index (χ1) is 13.7. The molecule has 0 aliphatic heterocycles.